The molecule has 0 aromatic heterocycles. The first kappa shape index (κ1) is 13.3. The van der Waals surface area contributed by atoms with Gasteiger partial charge in [-0.2, -0.15) is 0 Å². The van der Waals surface area contributed by atoms with Crippen LogP contribution in [0.1, 0.15) is 18.4 Å². The Morgan fingerprint density at radius 2 is 2.22 bits per heavy atom. The summed E-state index contributed by atoms with van der Waals surface area (Å²) in [6, 6.07) is 8.56. The zero-order valence-corrected chi connectivity index (χ0v) is 10.9. The second kappa shape index (κ2) is 6.73. The van der Waals surface area contributed by atoms with E-state index < -0.39 is 0 Å². The van der Waals surface area contributed by atoms with Crippen molar-refractivity contribution in [2.45, 2.75) is 25.3 Å². The van der Waals surface area contributed by atoms with Gasteiger partial charge in [-0.05, 0) is 37.0 Å². The fraction of sp³-hybridized carbons (Fsp3) is 0.571. The molecule has 0 radical (unpaired) electrons. The van der Waals surface area contributed by atoms with E-state index in [1.165, 1.54) is 5.56 Å². The third kappa shape index (κ3) is 3.45. The molecule has 1 heterocycles. The van der Waals surface area contributed by atoms with Crippen molar-refractivity contribution in [2.75, 3.05) is 20.3 Å². The van der Waals surface area contributed by atoms with Crippen LogP contribution in [0.2, 0.25) is 0 Å². The number of hydrazine groups is 1. The highest BCUT2D eigenvalue weighted by atomic mass is 16.5. The molecule has 0 bridgehead atoms. The molecule has 1 aliphatic rings. The zero-order valence-electron chi connectivity index (χ0n) is 10.9. The van der Waals surface area contributed by atoms with Crippen LogP contribution in [0.5, 0.6) is 5.75 Å². The maximum absolute atomic E-state index is 5.64. The Kier molecular flexibility index (Phi) is 4.99. The third-order valence-electron chi connectivity index (χ3n) is 3.65. The molecule has 18 heavy (non-hydrogen) atoms. The first-order valence-corrected chi connectivity index (χ1v) is 6.50. The van der Waals surface area contributed by atoms with Gasteiger partial charge in [0.1, 0.15) is 5.75 Å². The standard InChI is InChI=1S/C14H22N2O2/c1-17-13-5-2-11(3-6-13)4-7-14(16-15)12-8-9-18-10-12/h2-3,5-6,12,14,16H,4,7-10,15H2,1H3. The van der Waals surface area contributed by atoms with Gasteiger partial charge in [0.2, 0.25) is 0 Å². The molecular weight excluding hydrogens is 228 g/mol. The Labute approximate surface area is 108 Å². The van der Waals surface area contributed by atoms with Gasteiger partial charge in [-0.1, -0.05) is 12.1 Å². The van der Waals surface area contributed by atoms with Crippen LogP contribution >= 0.6 is 0 Å². The van der Waals surface area contributed by atoms with Gasteiger partial charge in [0.15, 0.2) is 0 Å². The highest BCUT2D eigenvalue weighted by molar-refractivity contribution is 5.27. The van der Waals surface area contributed by atoms with Crippen molar-refractivity contribution >= 4 is 0 Å². The van der Waals surface area contributed by atoms with Crippen LogP contribution in [0, 0.1) is 5.92 Å². The van der Waals surface area contributed by atoms with Gasteiger partial charge in [0.25, 0.3) is 0 Å². The first-order valence-electron chi connectivity index (χ1n) is 6.50. The van der Waals surface area contributed by atoms with Crippen molar-refractivity contribution in [3.05, 3.63) is 29.8 Å². The molecule has 0 aliphatic carbocycles. The molecule has 0 spiro atoms. The minimum atomic E-state index is 0.342. The Morgan fingerprint density at radius 1 is 1.44 bits per heavy atom. The molecule has 2 atom stereocenters. The molecular formula is C14H22N2O2. The molecule has 1 aromatic rings. The topological polar surface area (TPSA) is 56.5 Å². The SMILES string of the molecule is COc1ccc(CCC(NN)C2CCOC2)cc1. The van der Waals surface area contributed by atoms with Gasteiger partial charge in [-0.15, -0.1) is 0 Å². The number of hydrogen-bond acceptors (Lipinski definition) is 4. The van der Waals surface area contributed by atoms with Gasteiger partial charge in [0, 0.05) is 18.6 Å². The smallest absolute Gasteiger partial charge is 0.118 e. The fourth-order valence-electron chi connectivity index (χ4n) is 2.44. The first-order chi connectivity index (χ1) is 8.83. The van der Waals surface area contributed by atoms with Gasteiger partial charge >= 0.3 is 0 Å². The molecule has 1 fully saturated rings. The Morgan fingerprint density at radius 3 is 2.78 bits per heavy atom. The van der Waals surface area contributed by atoms with Crippen LogP contribution in [0.15, 0.2) is 24.3 Å². The van der Waals surface area contributed by atoms with Crippen molar-refractivity contribution in [2.24, 2.45) is 11.8 Å². The van der Waals surface area contributed by atoms with Crippen molar-refractivity contribution in [1.29, 1.82) is 0 Å². The quantitative estimate of drug-likeness (QED) is 0.593. The average Bonchev–Trinajstić information content (AvgIpc) is 2.94. The summed E-state index contributed by atoms with van der Waals surface area (Å²) in [6.45, 7) is 1.70. The van der Waals surface area contributed by atoms with E-state index in [0.29, 0.717) is 12.0 Å². The minimum Gasteiger partial charge on any atom is -0.497 e. The summed E-state index contributed by atoms with van der Waals surface area (Å²) in [5.74, 6) is 7.09. The highest BCUT2D eigenvalue weighted by Crippen LogP contribution is 2.20. The molecule has 3 N–H and O–H groups in total. The van der Waals surface area contributed by atoms with Crippen molar-refractivity contribution in [1.82, 2.24) is 5.43 Å². The normalized spacial score (nSPS) is 20.9. The minimum absolute atomic E-state index is 0.342. The predicted octanol–water partition coefficient (Wildman–Crippen LogP) is 1.50. The molecule has 100 valence electrons. The highest BCUT2D eigenvalue weighted by Gasteiger charge is 2.24. The molecule has 1 saturated heterocycles. The Bertz CT molecular complexity index is 347. The fourth-order valence-corrected chi connectivity index (χ4v) is 2.44. The summed E-state index contributed by atoms with van der Waals surface area (Å²) in [6.07, 6.45) is 3.17. The summed E-state index contributed by atoms with van der Waals surface area (Å²) in [5.41, 5.74) is 4.25. The number of methoxy groups -OCH3 is 1. The third-order valence-corrected chi connectivity index (χ3v) is 3.65. The van der Waals surface area contributed by atoms with Crippen molar-refractivity contribution in [3.63, 3.8) is 0 Å². The number of nitrogens with two attached hydrogens (primary N) is 1. The number of benzene rings is 1. The van der Waals surface area contributed by atoms with E-state index in [0.717, 1.165) is 38.2 Å². The second-order valence-electron chi connectivity index (χ2n) is 4.78. The lowest BCUT2D eigenvalue weighted by Crippen LogP contribution is -2.41. The van der Waals surface area contributed by atoms with E-state index in [4.69, 9.17) is 15.3 Å². The molecule has 1 aliphatic heterocycles. The monoisotopic (exact) mass is 250 g/mol. The van der Waals surface area contributed by atoms with Crippen LogP contribution in [-0.4, -0.2) is 26.4 Å². The van der Waals surface area contributed by atoms with E-state index in [-0.39, 0.29) is 0 Å². The van der Waals surface area contributed by atoms with Crippen LogP contribution in [0.3, 0.4) is 0 Å². The van der Waals surface area contributed by atoms with Gasteiger partial charge < -0.3 is 9.47 Å². The van der Waals surface area contributed by atoms with E-state index in [2.05, 4.69) is 17.6 Å². The molecule has 4 nitrogen and oxygen atoms in total. The maximum Gasteiger partial charge on any atom is 0.118 e. The average molecular weight is 250 g/mol. The lowest BCUT2D eigenvalue weighted by Gasteiger charge is -2.21. The Hall–Kier alpha value is -1.10. The van der Waals surface area contributed by atoms with Crippen molar-refractivity contribution < 1.29 is 9.47 Å². The molecule has 2 unspecified atom stereocenters. The number of aryl methyl sites for hydroxylation is 1. The molecule has 0 amide bonds. The van der Waals surface area contributed by atoms with Crippen LogP contribution < -0.4 is 16.0 Å². The second-order valence-corrected chi connectivity index (χ2v) is 4.78. The summed E-state index contributed by atoms with van der Waals surface area (Å²) in [5, 5.41) is 0. The van der Waals surface area contributed by atoms with Gasteiger partial charge in [-0.3, -0.25) is 11.3 Å². The van der Waals surface area contributed by atoms with Crippen LogP contribution in [0.25, 0.3) is 0 Å². The molecule has 0 saturated carbocycles. The summed E-state index contributed by atoms with van der Waals surface area (Å²) >= 11 is 0. The van der Waals surface area contributed by atoms with E-state index in [1.807, 2.05) is 12.1 Å². The van der Waals surface area contributed by atoms with E-state index in [9.17, 15) is 0 Å². The lowest BCUT2D eigenvalue weighted by molar-refractivity contribution is 0.175. The molecule has 1 aromatic carbocycles. The van der Waals surface area contributed by atoms with Crippen LogP contribution in [-0.2, 0) is 11.2 Å². The van der Waals surface area contributed by atoms with Gasteiger partial charge in [-0.25, -0.2) is 0 Å². The number of rotatable bonds is 6. The number of ether oxygens (including phenoxy) is 2. The summed E-state index contributed by atoms with van der Waals surface area (Å²) in [4.78, 5) is 0. The van der Waals surface area contributed by atoms with Gasteiger partial charge in [0.05, 0.1) is 13.7 Å². The zero-order chi connectivity index (χ0) is 12.8. The number of nitrogens with one attached hydrogen (secondary N) is 1. The van der Waals surface area contributed by atoms with Crippen molar-refractivity contribution in [3.8, 4) is 5.75 Å². The number of hydrogen-bond donors (Lipinski definition) is 2. The largest absolute Gasteiger partial charge is 0.497 e. The predicted molar refractivity (Wildman–Crippen MR) is 71.4 cm³/mol. The van der Waals surface area contributed by atoms with E-state index >= 15 is 0 Å². The van der Waals surface area contributed by atoms with E-state index in [1.54, 1.807) is 7.11 Å². The summed E-state index contributed by atoms with van der Waals surface area (Å²) < 4.78 is 10.6. The lowest BCUT2D eigenvalue weighted by atomic mass is 9.94. The molecule has 2 rings (SSSR count). The van der Waals surface area contributed by atoms with Crippen LogP contribution in [0.4, 0.5) is 0 Å². The maximum atomic E-state index is 5.64. The summed E-state index contributed by atoms with van der Waals surface area (Å²) in [7, 11) is 1.68. The Balaban J connectivity index is 1.84. The molecule has 4 heteroatoms.